The Morgan fingerprint density at radius 2 is 1.07 bits per heavy atom. The highest BCUT2D eigenvalue weighted by Gasteiger charge is 2.34. The van der Waals surface area contributed by atoms with Gasteiger partial charge in [-0.2, -0.15) is 0 Å². The second-order valence-corrected chi connectivity index (χ2v) is 8.25. The van der Waals surface area contributed by atoms with Gasteiger partial charge in [-0.05, 0) is 48.2 Å². The molecule has 0 unspecified atom stereocenters. The number of hydrogen-bond donors (Lipinski definition) is 4. The van der Waals surface area contributed by atoms with E-state index in [1.54, 1.807) is 12.1 Å². The van der Waals surface area contributed by atoms with Crippen molar-refractivity contribution in [3.8, 4) is 11.5 Å². The predicted molar refractivity (Wildman–Crippen MR) is 123 cm³/mol. The third-order valence-corrected chi connectivity index (χ3v) is 6.07. The van der Waals surface area contributed by atoms with Crippen LogP contribution < -0.4 is 11.5 Å². The first-order valence-corrected chi connectivity index (χ1v) is 11.1. The molecule has 0 aliphatic rings. The summed E-state index contributed by atoms with van der Waals surface area (Å²) in [6.07, 6.45) is 11.4. The molecule has 0 radical (unpaired) electrons. The first-order chi connectivity index (χ1) is 13.9. The summed E-state index contributed by atoms with van der Waals surface area (Å²) < 4.78 is 0. The molecule has 4 heteroatoms. The van der Waals surface area contributed by atoms with E-state index in [4.69, 9.17) is 11.5 Å². The second-order valence-electron chi connectivity index (χ2n) is 8.25. The van der Waals surface area contributed by atoms with Crippen molar-refractivity contribution in [2.45, 2.75) is 83.5 Å². The van der Waals surface area contributed by atoms with E-state index in [1.807, 2.05) is 24.3 Å². The molecule has 0 fully saturated rings. The van der Waals surface area contributed by atoms with E-state index in [0.29, 0.717) is 11.4 Å². The van der Waals surface area contributed by atoms with Crippen molar-refractivity contribution in [3.63, 3.8) is 0 Å². The highest BCUT2D eigenvalue weighted by Crippen LogP contribution is 2.45. The number of phenols is 2. The number of anilines is 2. The lowest BCUT2D eigenvalue weighted by molar-refractivity contribution is 0.392. The third-order valence-electron chi connectivity index (χ3n) is 6.07. The average Bonchev–Trinajstić information content (AvgIpc) is 2.71. The summed E-state index contributed by atoms with van der Waals surface area (Å²) >= 11 is 0. The van der Waals surface area contributed by atoms with E-state index < -0.39 is 0 Å². The molecule has 160 valence electrons. The maximum absolute atomic E-state index is 9.97. The number of phenolic OH excluding ortho intramolecular Hbond substituents is 2. The Bertz CT molecular complexity index is 708. The van der Waals surface area contributed by atoms with Crippen molar-refractivity contribution < 1.29 is 10.2 Å². The molecule has 2 aromatic carbocycles. The van der Waals surface area contributed by atoms with Crippen LogP contribution in [0.4, 0.5) is 11.4 Å². The molecule has 0 heterocycles. The van der Waals surface area contributed by atoms with Crippen molar-refractivity contribution in [1.82, 2.24) is 0 Å². The van der Waals surface area contributed by atoms with Gasteiger partial charge in [0.1, 0.15) is 11.5 Å². The second kappa shape index (κ2) is 11.0. The Balaban J connectivity index is 2.51. The van der Waals surface area contributed by atoms with Gasteiger partial charge in [-0.15, -0.1) is 0 Å². The zero-order valence-electron chi connectivity index (χ0n) is 18.1. The van der Waals surface area contributed by atoms with Gasteiger partial charge in [0.25, 0.3) is 0 Å². The Morgan fingerprint density at radius 3 is 1.41 bits per heavy atom. The fourth-order valence-electron chi connectivity index (χ4n) is 4.28. The molecule has 29 heavy (non-hydrogen) atoms. The number of nitrogen functional groups attached to an aromatic ring is 2. The number of aromatic hydroxyl groups is 2. The standard InChI is InChI=1S/C25H38N2O2/c1-3-5-7-9-15-25(16-10-8-6-4-2,19-11-13-23(28)21(26)17-19)20-12-14-24(29)22(27)18-20/h11-14,17-18,28-29H,3-10,15-16,26-27H2,1-2H3. The number of unbranched alkanes of at least 4 members (excludes halogenated alkanes) is 6. The molecular weight excluding hydrogens is 360 g/mol. The van der Waals surface area contributed by atoms with Crippen LogP contribution in [0, 0.1) is 0 Å². The minimum absolute atomic E-state index is 0.116. The van der Waals surface area contributed by atoms with E-state index in [9.17, 15) is 10.2 Å². The van der Waals surface area contributed by atoms with Gasteiger partial charge in [0, 0.05) is 5.41 Å². The van der Waals surface area contributed by atoms with E-state index >= 15 is 0 Å². The zero-order chi connectivity index (χ0) is 21.3. The van der Waals surface area contributed by atoms with Crippen LogP contribution in [0.5, 0.6) is 11.5 Å². The van der Waals surface area contributed by atoms with Gasteiger partial charge in [0.15, 0.2) is 0 Å². The molecule has 4 nitrogen and oxygen atoms in total. The van der Waals surface area contributed by atoms with Gasteiger partial charge < -0.3 is 21.7 Å². The number of benzene rings is 2. The van der Waals surface area contributed by atoms with Gasteiger partial charge in [0.2, 0.25) is 0 Å². The number of hydrogen-bond acceptors (Lipinski definition) is 4. The number of nitrogens with two attached hydrogens (primary N) is 2. The molecule has 0 aliphatic carbocycles. The van der Waals surface area contributed by atoms with Crippen LogP contribution in [-0.2, 0) is 5.41 Å². The SMILES string of the molecule is CCCCCCC(CCCCCC)(c1ccc(O)c(N)c1)c1ccc(O)c(N)c1. The summed E-state index contributed by atoms with van der Waals surface area (Å²) in [7, 11) is 0. The van der Waals surface area contributed by atoms with Crippen LogP contribution in [0.25, 0.3) is 0 Å². The highest BCUT2D eigenvalue weighted by molar-refractivity contribution is 5.59. The summed E-state index contributed by atoms with van der Waals surface area (Å²) in [4.78, 5) is 0. The summed E-state index contributed by atoms with van der Waals surface area (Å²) in [5, 5.41) is 19.9. The normalized spacial score (nSPS) is 11.7. The minimum Gasteiger partial charge on any atom is -0.506 e. The van der Waals surface area contributed by atoms with Crippen molar-refractivity contribution >= 4 is 11.4 Å². The quantitative estimate of drug-likeness (QED) is 0.187. The zero-order valence-corrected chi connectivity index (χ0v) is 18.1. The number of rotatable bonds is 12. The van der Waals surface area contributed by atoms with Crippen LogP contribution in [0.3, 0.4) is 0 Å². The summed E-state index contributed by atoms with van der Waals surface area (Å²) in [5.41, 5.74) is 15.0. The van der Waals surface area contributed by atoms with Gasteiger partial charge in [-0.25, -0.2) is 0 Å². The molecule has 2 aromatic rings. The molecule has 0 saturated carbocycles. The van der Waals surface area contributed by atoms with Crippen molar-refractivity contribution in [1.29, 1.82) is 0 Å². The lowest BCUT2D eigenvalue weighted by Gasteiger charge is -2.36. The van der Waals surface area contributed by atoms with Crippen LogP contribution >= 0.6 is 0 Å². The minimum atomic E-state index is -0.231. The fraction of sp³-hybridized carbons (Fsp3) is 0.520. The van der Waals surface area contributed by atoms with Crippen molar-refractivity contribution in [2.75, 3.05) is 11.5 Å². The molecular formula is C25H38N2O2. The summed E-state index contributed by atoms with van der Waals surface area (Å²) in [5.74, 6) is 0.231. The predicted octanol–water partition coefficient (Wildman–Crippen LogP) is 6.49. The van der Waals surface area contributed by atoms with Crippen LogP contribution in [0.15, 0.2) is 36.4 Å². The Kier molecular flexibility index (Phi) is 8.69. The maximum Gasteiger partial charge on any atom is 0.138 e. The monoisotopic (exact) mass is 398 g/mol. The topological polar surface area (TPSA) is 92.5 Å². The molecule has 0 saturated heterocycles. The fourth-order valence-corrected chi connectivity index (χ4v) is 4.28. The lowest BCUT2D eigenvalue weighted by atomic mass is 9.67. The third kappa shape index (κ3) is 5.81. The van der Waals surface area contributed by atoms with Crippen LogP contribution in [0.1, 0.15) is 89.2 Å². The van der Waals surface area contributed by atoms with Crippen molar-refractivity contribution in [2.24, 2.45) is 0 Å². The first kappa shape index (κ1) is 22.9. The Hall–Kier alpha value is -2.36. The Labute approximate surface area is 176 Å². The molecule has 6 N–H and O–H groups in total. The molecule has 0 spiro atoms. The van der Waals surface area contributed by atoms with Gasteiger partial charge in [-0.3, -0.25) is 0 Å². The Morgan fingerprint density at radius 1 is 0.655 bits per heavy atom. The van der Waals surface area contributed by atoms with Gasteiger partial charge >= 0.3 is 0 Å². The lowest BCUT2D eigenvalue weighted by Crippen LogP contribution is -2.28. The molecule has 2 rings (SSSR count). The summed E-state index contributed by atoms with van der Waals surface area (Å²) in [6, 6.07) is 11.2. The van der Waals surface area contributed by atoms with Gasteiger partial charge in [-0.1, -0.05) is 77.3 Å². The van der Waals surface area contributed by atoms with Gasteiger partial charge in [0.05, 0.1) is 11.4 Å². The molecule has 0 aromatic heterocycles. The average molecular weight is 399 g/mol. The smallest absolute Gasteiger partial charge is 0.138 e. The highest BCUT2D eigenvalue weighted by atomic mass is 16.3. The van der Waals surface area contributed by atoms with Crippen LogP contribution in [-0.4, -0.2) is 10.2 Å². The van der Waals surface area contributed by atoms with E-state index in [1.165, 1.54) is 38.5 Å². The molecule has 0 bridgehead atoms. The van der Waals surface area contributed by atoms with Crippen molar-refractivity contribution in [3.05, 3.63) is 47.5 Å². The maximum atomic E-state index is 9.97. The van der Waals surface area contributed by atoms with E-state index in [-0.39, 0.29) is 16.9 Å². The first-order valence-electron chi connectivity index (χ1n) is 11.1. The van der Waals surface area contributed by atoms with Crippen LogP contribution in [0.2, 0.25) is 0 Å². The summed E-state index contributed by atoms with van der Waals surface area (Å²) in [6.45, 7) is 4.44. The molecule has 0 atom stereocenters. The molecule has 0 amide bonds. The largest absolute Gasteiger partial charge is 0.506 e. The molecule has 0 aliphatic heterocycles. The van der Waals surface area contributed by atoms with E-state index in [2.05, 4.69) is 13.8 Å². The van der Waals surface area contributed by atoms with E-state index in [0.717, 1.165) is 36.8 Å².